The molecule has 8 saturated carbocycles. The first kappa shape index (κ1) is 15.2. The smallest absolute Gasteiger partial charge is 0.00387 e. The van der Waals surface area contributed by atoms with E-state index in [4.69, 9.17) is 0 Å². The van der Waals surface area contributed by atoms with Gasteiger partial charge in [0.2, 0.25) is 0 Å². The van der Waals surface area contributed by atoms with Crippen LogP contribution in [0.25, 0.3) is 0 Å². The van der Waals surface area contributed by atoms with Crippen molar-refractivity contribution in [3.8, 4) is 0 Å². The molecule has 0 heterocycles. The molecule has 0 N–H and O–H groups in total. The third-order valence-electron chi connectivity index (χ3n) is 10.1. The Bertz CT molecular complexity index is 610. The van der Waals surface area contributed by atoms with E-state index in [0.29, 0.717) is 10.8 Å². The van der Waals surface area contributed by atoms with Crippen LogP contribution in [0.3, 0.4) is 0 Å². The molecule has 8 aliphatic rings. The van der Waals surface area contributed by atoms with E-state index in [1.807, 2.05) is 0 Å². The van der Waals surface area contributed by atoms with Crippen LogP contribution < -0.4 is 0 Å². The monoisotopic (exact) mass is 345 g/mol. The molecule has 0 amide bonds. The van der Waals surface area contributed by atoms with Gasteiger partial charge in [-0.2, -0.15) is 0 Å². The number of hydrogen-bond acceptors (Lipinski definition) is 0. The van der Waals surface area contributed by atoms with Gasteiger partial charge in [-0.1, -0.05) is 18.2 Å². The largest absolute Gasteiger partial charge is 0.0546 e. The highest BCUT2D eigenvalue weighted by molar-refractivity contribution is 5.37. The zero-order chi connectivity index (χ0) is 16.9. The lowest BCUT2D eigenvalue weighted by molar-refractivity contribution is -0.00838. The van der Waals surface area contributed by atoms with E-state index in [0.717, 1.165) is 35.5 Å². The van der Waals surface area contributed by atoms with Crippen molar-refractivity contribution in [3.63, 3.8) is 0 Å². The topological polar surface area (TPSA) is 0 Å². The van der Waals surface area contributed by atoms with E-state index >= 15 is 0 Å². The zero-order valence-electron chi connectivity index (χ0n) is 16.2. The van der Waals surface area contributed by atoms with E-state index in [1.165, 1.54) is 38.5 Å². The minimum absolute atomic E-state index is 0.545. The van der Waals surface area contributed by atoms with Crippen molar-refractivity contribution in [2.24, 2.45) is 35.5 Å². The highest BCUT2D eigenvalue weighted by atomic mass is 14.6. The van der Waals surface area contributed by atoms with E-state index in [-0.39, 0.29) is 0 Å². The minimum atomic E-state index is 0.545. The van der Waals surface area contributed by atoms with E-state index in [9.17, 15) is 0 Å². The summed E-state index contributed by atoms with van der Waals surface area (Å²) in [6, 6.07) is 11.2. The molecule has 0 atom stereocenters. The van der Waals surface area contributed by atoms with Gasteiger partial charge in [0.05, 0.1) is 0 Å². The molecule has 0 saturated heterocycles. The fraction of sp³-hybridized carbons (Fsp3) is 0.769. The van der Waals surface area contributed by atoms with Crippen molar-refractivity contribution in [1.82, 2.24) is 0 Å². The first-order valence-electron chi connectivity index (χ1n) is 11.7. The molecule has 9 rings (SSSR count). The Labute approximate surface area is 159 Å². The second-order valence-corrected chi connectivity index (χ2v) is 11.9. The van der Waals surface area contributed by atoms with Crippen molar-refractivity contribution >= 4 is 0 Å². The highest BCUT2D eigenvalue weighted by Gasteiger charge is 2.54. The average Bonchev–Trinajstić information content (AvgIpc) is 2.60. The quantitative estimate of drug-likeness (QED) is 0.580. The van der Waals surface area contributed by atoms with Crippen LogP contribution >= 0.6 is 0 Å². The normalized spacial score (nSPS) is 53.4. The zero-order valence-corrected chi connectivity index (χ0v) is 16.2. The summed E-state index contributed by atoms with van der Waals surface area (Å²) in [4.78, 5) is 0. The summed E-state index contributed by atoms with van der Waals surface area (Å²) in [5.74, 6) is 6.27. The van der Waals surface area contributed by atoms with Gasteiger partial charge in [-0.3, -0.25) is 0 Å². The molecule has 1 aromatic carbocycles. The van der Waals surface area contributed by atoms with Gasteiger partial charge in [0, 0.05) is 0 Å². The van der Waals surface area contributed by atoms with Gasteiger partial charge in [-0.25, -0.2) is 0 Å². The molecule has 8 aliphatic carbocycles. The summed E-state index contributed by atoms with van der Waals surface area (Å²) in [6.07, 6.45) is 18.3. The Morgan fingerprint density at radius 1 is 0.538 bits per heavy atom. The number of benzene rings is 1. The highest BCUT2D eigenvalue weighted by Crippen LogP contribution is 2.63. The van der Waals surface area contributed by atoms with Crippen LogP contribution in [0, 0.1) is 41.6 Å². The van der Waals surface area contributed by atoms with Gasteiger partial charge in [-0.15, -0.1) is 0 Å². The van der Waals surface area contributed by atoms with Gasteiger partial charge in [-0.05, 0) is 141 Å². The fourth-order valence-electron chi connectivity index (χ4n) is 10.0. The Hall–Kier alpha value is -0.780. The van der Waals surface area contributed by atoms with Gasteiger partial charge >= 0.3 is 0 Å². The predicted octanol–water partition coefficient (Wildman–Crippen LogP) is 6.42. The maximum Gasteiger partial charge on any atom is -0.00387 e. The molecule has 137 valence electrons. The molecular weight excluding hydrogens is 312 g/mol. The van der Waals surface area contributed by atoms with E-state index in [1.54, 1.807) is 49.7 Å². The molecular formula is C26H33. The second-order valence-electron chi connectivity index (χ2n) is 11.9. The summed E-state index contributed by atoms with van der Waals surface area (Å²) in [5, 5.41) is 0. The second kappa shape index (κ2) is 4.98. The maximum absolute atomic E-state index is 3.68. The Balaban J connectivity index is 1.28. The van der Waals surface area contributed by atoms with Crippen LogP contribution in [0.15, 0.2) is 18.2 Å². The summed E-state index contributed by atoms with van der Waals surface area (Å²) in [5.41, 5.74) is 4.52. The van der Waals surface area contributed by atoms with Gasteiger partial charge in [0.15, 0.2) is 0 Å². The van der Waals surface area contributed by atoms with Crippen LogP contribution in [0.1, 0.15) is 88.2 Å². The lowest BCUT2D eigenvalue weighted by Crippen LogP contribution is -2.49. The molecule has 8 bridgehead atoms. The molecule has 26 heavy (non-hydrogen) atoms. The summed E-state index contributed by atoms with van der Waals surface area (Å²) in [7, 11) is 0. The molecule has 1 aromatic rings. The molecule has 8 fully saturated rings. The lowest BCUT2D eigenvalue weighted by atomic mass is 9.46. The molecule has 0 heteroatoms. The standard InChI is InChI=1S/C26H33/c1-2-23(25-11-17-4-18(12-25)6-19(5-17)13-25)10-24(3-1)26-14-20-7-21(15-26)9-22(8-20)16-26/h2-3,10,17-22H,4-9,11-16H2. The van der Waals surface area contributed by atoms with Crippen LogP contribution in [-0.2, 0) is 10.8 Å². The van der Waals surface area contributed by atoms with Crippen molar-refractivity contribution in [1.29, 1.82) is 0 Å². The van der Waals surface area contributed by atoms with Crippen LogP contribution in [-0.4, -0.2) is 0 Å². The van der Waals surface area contributed by atoms with Crippen LogP contribution in [0.5, 0.6) is 0 Å². The van der Waals surface area contributed by atoms with Crippen LogP contribution in [0.2, 0.25) is 0 Å². The first-order chi connectivity index (χ1) is 12.7. The van der Waals surface area contributed by atoms with Gasteiger partial charge in [0.25, 0.3) is 0 Å². The van der Waals surface area contributed by atoms with Gasteiger partial charge in [0.1, 0.15) is 0 Å². The molecule has 0 aliphatic heterocycles. The van der Waals surface area contributed by atoms with Gasteiger partial charge < -0.3 is 0 Å². The van der Waals surface area contributed by atoms with Crippen molar-refractivity contribution in [2.75, 3.05) is 0 Å². The van der Waals surface area contributed by atoms with E-state index in [2.05, 4.69) is 24.3 Å². The average molecular weight is 346 g/mol. The molecule has 0 nitrogen and oxygen atoms in total. The maximum atomic E-state index is 3.68. The Morgan fingerprint density at radius 3 is 1.15 bits per heavy atom. The lowest BCUT2D eigenvalue weighted by Gasteiger charge is -2.58. The predicted molar refractivity (Wildman–Crippen MR) is 105 cm³/mol. The molecule has 1 radical (unpaired) electrons. The fourth-order valence-corrected chi connectivity index (χ4v) is 10.0. The van der Waals surface area contributed by atoms with E-state index < -0.39 is 0 Å². The van der Waals surface area contributed by atoms with Crippen molar-refractivity contribution in [3.05, 3.63) is 35.4 Å². The molecule has 0 spiro atoms. The molecule has 0 aromatic heterocycles. The SMILES string of the molecule is [c]1cc(C23CC4CC(CC(C4)C2)C3)cc(C23CC4CC(CC(C4)C2)C3)c1. The molecule has 0 unspecified atom stereocenters. The summed E-state index contributed by atoms with van der Waals surface area (Å²) >= 11 is 0. The van der Waals surface area contributed by atoms with Crippen LogP contribution in [0.4, 0.5) is 0 Å². The Kier molecular flexibility index (Phi) is 2.91. The third-order valence-corrected chi connectivity index (χ3v) is 10.1. The number of rotatable bonds is 2. The van der Waals surface area contributed by atoms with Crippen molar-refractivity contribution < 1.29 is 0 Å². The van der Waals surface area contributed by atoms with Crippen molar-refractivity contribution in [2.45, 2.75) is 87.9 Å². The number of hydrogen-bond donors (Lipinski definition) is 0. The minimum Gasteiger partial charge on any atom is -0.0546 e. The Morgan fingerprint density at radius 2 is 0.846 bits per heavy atom. The summed E-state index contributed by atoms with van der Waals surface area (Å²) in [6.45, 7) is 0. The summed E-state index contributed by atoms with van der Waals surface area (Å²) < 4.78 is 0. The third kappa shape index (κ3) is 2.03. The first-order valence-corrected chi connectivity index (χ1v) is 11.7.